The number of methoxy groups -OCH3 is 1. The van der Waals surface area contributed by atoms with E-state index in [2.05, 4.69) is 0 Å². The fraction of sp³-hybridized carbons (Fsp3) is 0.536. The van der Waals surface area contributed by atoms with Crippen LogP contribution >= 0.6 is 0 Å². The molecular formula is C28H38N2O5. The average Bonchev–Trinajstić information content (AvgIpc) is 3.13. The maximum Gasteiger partial charge on any atom is 0.355 e. The molecule has 1 saturated carbocycles. The van der Waals surface area contributed by atoms with Crippen LogP contribution in [0.5, 0.6) is 5.75 Å². The highest BCUT2D eigenvalue weighted by atomic mass is 16.5. The number of hydrogen-bond acceptors (Lipinski definition) is 5. The van der Waals surface area contributed by atoms with Crippen molar-refractivity contribution in [2.75, 3.05) is 26.8 Å². The summed E-state index contributed by atoms with van der Waals surface area (Å²) in [7, 11) is 1.59. The van der Waals surface area contributed by atoms with Gasteiger partial charge in [0.05, 0.1) is 20.3 Å². The molecule has 7 heteroatoms. The summed E-state index contributed by atoms with van der Waals surface area (Å²) in [6.45, 7) is 8.67. The fourth-order valence-corrected chi connectivity index (χ4v) is 5.23. The minimum absolute atomic E-state index is 0.0287. The average molecular weight is 483 g/mol. The summed E-state index contributed by atoms with van der Waals surface area (Å²) in [6.07, 6.45) is 5.67. The maximum atomic E-state index is 13.7. The van der Waals surface area contributed by atoms with E-state index in [1.807, 2.05) is 18.4 Å². The molecule has 190 valence electrons. The fourth-order valence-electron chi connectivity index (χ4n) is 5.23. The second-order valence-corrected chi connectivity index (χ2v) is 9.24. The lowest BCUT2D eigenvalue weighted by molar-refractivity contribution is 0.0512. The lowest BCUT2D eigenvalue weighted by Gasteiger charge is -2.29. The normalized spacial score (nSPS) is 14.0. The summed E-state index contributed by atoms with van der Waals surface area (Å²) in [4.78, 5) is 41.5. The second-order valence-electron chi connectivity index (χ2n) is 9.24. The van der Waals surface area contributed by atoms with Crippen molar-refractivity contribution in [1.82, 2.24) is 9.47 Å². The van der Waals surface area contributed by atoms with Crippen molar-refractivity contribution in [1.29, 1.82) is 0 Å². The minimum Gasteiger partial charge on any atom is -0.497 e. The topological polar surface area (TPSA) is 77.8 Å². The number of nitrogens with zero attached hydrogens (tertiary/aromatic N) is 2. The molecule has 0 N–H and O–H groups in total. The predicted octanol–water partition coefficient (Wildman–Crippen LogP) is 5.22. The van der Waals surface area contributed by atoms with Gasteiger partial charge in [-0.2, -0.15) is 0 Å². The molecule has 0 bridgehead atoms. The van der Waals surface area contributed by atoms with E-state index in [-0.39, 0.29) is 24.8 Å². The largest absolute Gasteiger partial charge is 0.497 e. The Morgan fingerprint density at radius 1 is 1.03 bits per heavy atom. The SMILES string of the molecule is CCOC(=O)c1c(C)c(C(=O)CN(CC2CCCCC2)C(=O)c2ccc(OC)cc2)c(C)n1CC. The summed E-state index contributed by atoms with van der Waals surface area (Å²) in [6, 6.07) is 7.00. The van der Waals surface area contributed by atoms with Crippen molar-refractivity contribution in [2.24, 2.45) is 5.92 Å². The first-order valence-corrected chi connectivity index (χ1v) is 12.7. The number of ether oxygens (including phenoxy) is 2. The molecular weight excluding hydrogens is 444 g/mol. The zero-order valence-electron chi connectivity index (χ0n) is 21.7. The Hall–Kier alpha value is -3.09. The van der Waals surface area contributed by atoms with E-state index >= 15 is 0 Å². The molecule has 1 aromatic carbocycles. The highest BCUT2D eigenvalue weighted by Crippen LogP contribution is 2.27. The number of carbonyl (C=O) groups is 3. The molecule has 1 aromatic heterocycles. The van der Waals surface area contributed by atoms with Crippen LogP contribution in [0.2, 0.25) is 0 Å². The highest BCUT2D eigenvalue weighted by Gasteiger charge is 2.30. The van der Waals surface area contributed by atoms with E-state index in [9.17, 15) is 14.4 Å². The third-order valence-corrected chi connectivity index (χ3v) is 6.99. The van der Waals surface area contributed by atoms with Gasteiger partial charge in [0.2, 0.25) is 0 Å². The number of amides is 1. The molecule has 0 atom stereocenters. The molecule has 1 fully saturated rings. The molecule has 0 aliphatic heterocycles. The van der Waals surface area contributed by atoms with Crippen LogP contribution in [0.3, 0.4) is 0 Å². The molecule has 1 aliphatic carbocycles. The zero-order chi connectivity index (χ0) is 25.5. The van der Waals surface area contributed by atoms with Crippen LogP contribution in [0.4, 0.5) is 0 Å². The van der Waals surface area contributed by atoms with Gasteiger partial charge in [0, 0.05) is 29.9 Å². The van der Waals surface area contributed by atoms with Gasteiger partial charge >= 0.3 is 5.97 Å². The van der Waals surface area contributed by atoms with Crippen molar-refractivity contribution in [3.05, 3.63) is 52.3 Å². The third-order valence-electron chi connectivity index (χ3n) is 6.99. The molecule has 0 unspecified atom stereocenters. The summed E-state index contributed by atoms with van der Waals surface area (Å²) < 4.78 is 12.3. The molecule has 0 saturated heterocycles. The summed E-state index contributed by atoms with van der Waals surface area (Å²) in [5, 5.41) is 0. The van der Waals surface area contributed by atoms with E-state index in [4.69, 9.17) is 9.47 Å². The quantitative estimate of drug-likeness (QED) is 0.343. The lowest BCUT2D eigenvalue weighted by atomic mass is 9.88. The van der Waals surface area contributed by atoms with E-state index in [0.717, 1.165) is 31.4 Å². The number of hydrogen-bond donors (Lipinski definition) is 0. The van der Waals surface area contributed by atoms with Gasteiger partial charge in [-0.3, -0.25) is 9.59 Å². The number of ketones is 1. The van der Waals surface area contributed by atoms with Gasteiger partial charge in [-0.25, -0.2) is 4.79 Å². The summed E-state index contributed by atoms with van der Waals surface area (Å²) in [5.74, 6) is 0.312. The Morgan fingerprint density at radius 2 is 1.69 bits per heavy atom. The summed E-state index contributed by atoms with van der Waals surface area (Å²) in [5.41, 5.74) is 2.79. The Morgan fingerprint density at radius 3 is 2.26 bits per heavy atom. The van der Waals surface area contributed by atoms with Crippen molar-refractivity contribution in [3.8, 4) is 5.75 Å². The van der Waals surface area contributed by atoms with Crippen molar-refractivity contribution in [3.63, 3.8) is 0 Å². The predicted molar refractivity (Wildman–Crippen MR) is 135 cm³/mol. The van der Waals surface area contributed by atoms with Crippen molar-refractivity contribution in [2.45, 2.75) is 66.3 Å². The minimum atomic E-state index is -0.428. The highest BCUT2D eigenvalue weighted by molar-refractivity contribution is 6.06. The van der Waals surface area contributed by atoms with E-state index in [0.29, 0.717) is 47.1 Å². The Bertz CT molecular complexity index is 1050. The molecule has 1 heterocycles. The molecule has 7 nitrogen and oxygen atoms in total. The number of benzene rings is 1. The smallest absolute Gasteiger partial charge is 0.355 e. The van der Waals surface area contributed by atoms with Gasteiger partial charge in [0.15, 0.2) is 5.78 Å². The zero-order valence-corrected chi connectivity index (χ0v) is 21.7. The van der Waals surface area contributed by atoms with Crippen molar-refractivity contribution < 1.29 is 23.9 Å². The number of carbonyl (C=O) groups excluding carboxylic acids is 3. The maximum absolute atomic E-state index is 13.7. The van der Waals surface area contributed by atoms with Crippen LogP contribution in [-0.2, 0) is 11.3 Å². The van der Waals surface area contributed by atoms with Gasteiger partial charge in [0.1, 0.15) is 11.4 Å². The van der Waals surface area contributed by atoms with Gasteiger partial charge < -0.3 is 18.9 Å². The lowest BCUT2D eigenvalue weighted by Crippen LogP contribution is -2.40. The van der Waals surface area contributed by atoms with Crippen LogP contribution in [0.15, 0.2) is 24.3 Å². The van der Waals surface area contributed by atoms with Gasteiger partial charge in [-0.05, 0) is 76.3 Å². The Labute approximate surface area is 208 Å². The molecule has 3 rings (SSSR count). The van der Waals surface area contributed by atoms with Gasteiger partial charge in [-0.15, -0.1) is 0 Å². The van der Waals surface area contributed by atoms with Gasteiger partial charge in [-0.1, -0.05) is 19.3 Å². The van der Waals surface area contributed by atoms with E-state index in [1.54, 1.807) is 50.1 Å². The summed E-state index contributed by atoms with van der Waals surface area (Å²) >= 11 is 0. The van der Waals surface area contributed by atoms with E-state index < -0.39 is 5.97 Å². The molecule has 1 amide bonds. The Balaban J connectivity index is 1.92. The monoisotopic (exact) mass is 482 g/mol. The number of aromatic nitrogens is 1. The third kappa shape index (κ3) is 5.95. The first kappa shape index (κ1) is 26.5. The molecule has 2 aromatic rings. The van der Waals surface area contributed by atoms with Crippen LogP contribution in [-0.4, -0.2) is 53.9 Å². The first-order chi connectivity index (χ1) is 16.8. The molecule has 0 spiro atoms. The second kappa shape index (κ2) is 12.0. The van der Waals surface area contributed by atoms with Crippen LogP contribution in [0.25, 0.3) is 0 Å². The number of rotatable bonds is 10. The number of Topliss-reactive ketones (excluding diaryl/α,β-unsaturated/α-hetero) is 1. The van der Waals surface area contributed by atoms with Crippen LogP contribution in [0, 0.1) is 19.8 Å². The van der Waals surface area contributed by atoms with Crippen LogP contribution in [0.1, 0.15) is 88.4 Å². The molecule has 0 radical (unpaired) electrons. The number of esters is 1. The first-order valence-electron chi connectivity index (χ1n) is 12.7. The standard InChI is InChI=1S/C28H38N2O5/c1-6-30-20(4)25(19(3)26(30)28(33)35-7-2)24(31)18-29(17-21-11-9-8-10-12-21)27(32)22-13-15-23(34-5)16-14-22/h13-16,21H,6-12,17-18H2,1-5H3. The van der Waals surface area contributed by atoms with Gasteiger partial charge in [0.25, 0.3) is 5.91 Å². The van der Waals surface area contributed by atoms with E-state index in [1.165, 1.54) is 6.42 Å². The van der Waals surface area contributed by atoms with Crippen molar-refractivity contribution >= 4 is 17.7 Å². The van der Waals surface area contributed by atoms with Crippen LogP contribution < -0.4 is 4.74 Å². The Kier molecular flexibility index (Phi) is 9.13. The molecule has 35 heavy (non-hydrogen) atoms. The molecule has 1 aliphatic rings.